The molecule has 0 fully saturated rings. The monoisotopic (exact) mass is 356 g/mol. The van der Waals surface area contributed by atoms with E-state index in [1.807, 2.05) is 26.0 Å². The van der Waals surface area contributed by atoms with Crippen molar-refractivity contribution >= 4 is 6.21 Å². The maximum absolute atomic E-state index is 10.2. The summed E-state index contributed by atoms with van der Waals surface area (Å²) in [6, 6.07) is 4.01. The van der Waals surface area contributed by atoms with Gasteiger partial charge in [-0.1, -0.05) is 0 Å². The highest BCUT2D eigenvalue weighted by molar-refractivity contribution is 5.85. The minimum absolute atomic E-state index is 0.0384. The molecule has 26 heavy (non-hydrogen) atoms. The first-order valence-corrected chi connectivity index (χ1v) is 8.76. The molecule has 6 heteroatoms. The molecule has 2 heterocycles. The number of aliphatic imine (C=N–C) groups is 1. The van der Waals surface area contributed by atoms with E-state index >= 15 is 0 Å². The minimum Gasteiger partial charge on any atom is -0.505 e. The molecule has 1 aliphatic heterocycles. The minimum atomic E-state index is -0.211. The van der Waals surface area contributed by atoms with Crippen LogP contribution in [0, 0.1) is 6.92 Å². The third-order valence-electron chi connectivity index (χ3n) is 4.39. The average molecular weight is 356 g/mol. The van der Waals surface area contributed by atoms with Crippen molar-refractivity contribution in [2.75, 3.05) is 6.61 Å². The Balaban J connectivity index is 1.87. The molecule has 138 valence electrons. The Bertz CT molecular complexity index is 833. The number of aromatic hydroxyl groups is 1. The Kier molecular flexibility index (Phi) is 5.42. The summed E-state index contributed by atoms with van der Waals surface area (Å²) in [5, 5.41) is 19.6. The van der Waals surface area contributed by atoms with E-state index in [1.165, 1.54) is 0 Å². The zero-order valence-corrected chi connectivity index (χ0v) is 15.3. The van der Waals surface area contributed by atoms with Crippen molar-refractivity contribution in [1.29, 1.82) is 0 Å². The van der Waals surface area contributed by atoms with Crippen LogP contribution in [0.15, 0.2) is 23.3 Å². The molecule has 1 aliphatic rings. The lowest BCUT2D eigenvalue weighted by Gasteiger charge is -2.11. The van der Waals surface area contributed by atoms with Gasteiger partial charge in [-0.25, -0.2) is 0 Å². The lowest BCUT2D eigenvalue weighted by Crippen LogP contribution is -2.05. The van der Waals surface area contributed by atoms with Crippen molar-refractivity contribution in [1.82, 2.24) is 4.98 Å². The van der Waals surface area contributed by atoms with Crippen LogP contribution < -0.4 is 9.47 Å². The largest absolute Gasteiger partial charge is 0.505 e. The molecule has 6 nitrogen and oxygen atoms in total. The molecule has 0 unspecified atom stereocenters. The van der Waals surface area contributed by atoms with Crippen LogP contribution in [-0.4, -0.2) is 34.1 Å². The number of hydrogen-bond acceptors (Lipinski definition) is 6. The molecule has 0 radical (unpaired) electrons. The standard InChI is InChI=1S/C20H24N2O4/c1-4-25-18-6-14-5-12(2)26-19(14)7-15(18)8-21-10-17-16(11-23)9-22-13(3)20(17)24/h6-7,9-10,12,23-24H,4-5,8,11H2,1-3H3/t12-/m1/s1. The van der Waals surface area contributed by atoms with Gasteiger partial charge in [-0.3, -0.25) is 9.98 Å². The fourth-order valence-corrected chi connectivity index (χ4v) is 3.05. The molecule has 0 saturated carbocycles. The fourth-order valence-electron chi connectivity index (χ4n) is 3.05. The number of rotatable bonds is 6. The zero-order chi connectivity index (χ0) is 18.7. The summed E-state index contributed by atoms with van der Waals surface area (Å²) in [6.45, 7) is 6.45. The summed E-state index contributed by atoms with van der Waals surface area (Å²) < 4.78 is 11.6. The van der Waals surface area contributed by atoms with E-state index in [2.05, 4.69) is 9.98 Å². The number of aliphatic hydroxyl groups is 1. The number of pyridine rings is 1. The molecule has 1 aromatic carbocycles. The van der Waals surface area contributed by atoms with Crippen LogP contribution in [0.25, 0.3) is 0 Å². The van der Waals surface area contributed by atoms with Gasteiger partial charge >= 0.3 is 0 Å². The van der Waals surface area contributed by atoms with Crippen molar-refractivity contribution < 1.29 is 19.7 Å². The quantitative estimate of drug-likeness (QED) is 0.778. The second-order valence-corrected chi connectivity index (χ2v) is 6.39. The molecular formula is C20H24N2O4. The van der Waals surface area contributed by atoms with Crippen LogP contribution in [0.1, 0.15) is 41.8 Å². The maximum atomic E-state index is 10.2. The van der Waals surface area contributed by atoms with Crippen LogP contribution in [0.5, 0.6) is 17.2 Å². The molecule has 3 rings (SSSR count). The predicted molar refractivity (Wildman–Crippen MR) is 99.3 cm³/mol. The molecule has 0 aliphatic carbocycles. The number of aromatic nitrogens is 1. The number of hydrogen-bond donors (Lipinski definition) is 2. The van der Waals surface area contributed by atoms with Gasteiger partial charge in [0, 0.05) is 41.1 Å². The summed E-state index contributed by atoms with van der Waals surface area (Å²) >= 11 is 0. The van der Waals surface area contributed by atoms with E-state index in [0.29, 0.717) is 30.0 Å². The molecule has 0 spiro atoms. The van der Waals surface area contributed by atoms with Crippen molar-refractivity contribution in [3.8, 4) is 17.2 Å². The van der Waals surface area contributed by atoms with Crippen LogP contribution in [0.4, 0.5) is 0 Å². The van der Waals surface area contributed by atoms with Crippen molar-refractivity contribution in [3.63, 3.8) is 0 Å². The van der Waals surface area contributed by atoms with Crippen molar-refractivity contribution in [3.05, 3.63) is 46.3 Å². The van der Waals surface area contributed by atoms with Crippen LogP contribution in [0.2, 0.25) is 0 Å². The Labute approximate surface area is 153 Å². The van der Waals surface area contributed by atoms with Gasteiger partial charge in [-0.05, 0) is 32.9 Å². The van der Waals surface area contributed by atoms with E-state index in [4.69, 9.17) is 9.47 Å². The Hall–Kier alpha value is -2.60. The first kappa shape index (κ1) is 18.2. The van der Waals surface area contributed by atoms with Gasteiger partial charge < -0.3 is 19.7 Å². The van der Waals surface area contributed by atoms with Gasteiger partial charge in [0.25, 0.3) is 0 Å². The zero-order valence-electron chi connectivity index (χ0n) is 15.3. The maximum Gasteiger partial charge on any atom is 0.145 e. The number of benzene rings is 1. The van der Waals surface area contributed by atoms with Gasteiger partial charge in [-0.2, -0.15) is 0 Å². The molecule has 0 amide bonds. The molecule has 1 atom stereocenters. The van der Waals surface area contributed by atoms with Crippen LogP contribution in [-0.2, 0) is 19.6 Å². The Morgan fingerprint density at radius 1 is 1.38 bits per heavy atom. The third kappa shape index (κ3) is 3.65. The van der Waals surface area contributed by atoms with E-state index in [9.17, 15) is 10.2 Å². The molecule has 2 aromatic rings. The highest BCUT2D eigenvalue weighted by Gasteiger charge is 2.21. The van der Waals surface area contributed by atoms with Crippen LogP contribution in [0.3, 0.4) is 0 Å². The smallest absolute Gasteiger partial charge is 0.145 e. The van der Waals surface area contributed by atoms with E-state index in [1.54, 1.807) is 19.3 Å². The van der Waals surface area contributed by atoms with Crippen molar-refractivity contribution in [2.45, 2.75) is 46.4 Å². The average Bonchev–Trinajstić information content (AvgIpc) is 2.98. The highest BCUT2D eigenvalue weighted by atomic mass is 16.5. The van der Waals surface area contributed by atoms with E-state index in [-0.39, 0.29) is 18.5 Å². The number of fused-ring (bicyclic) bond motifs is 1. The van der Waals surface area contributed by atoms with E-state index in [0.717, 1.165) is 29.0 Å². The normalized spacial score (nSPS) is 15.9. The number of aryl methyl sites for hydroxylation is 1. The molecule has 1 aromatic heterocycles. The number of aliphatic hydroxyl groups excluding tert-OH is 1. The van der Waals surface area contributed by atoms with E-state index < -0.39 is 0 Å². The van der Waals surface area contributed by atoms with Crippen molar-refractivity contribution in [2.24, 2.45) is 4.99 Å². The molecule has 0 bridgehead atoms. The SMILES string of the molecule is CCOc1cc2c(cc1CN=Cc1c(CO)cnc(C)c1O)O[C@H](C)C2. The number of nitrogens with zero attached hydrogens (tertiary/aromatic N) is 2. The first-order chi connectivity index (χ1) is 12.5. The molecule has 0 saturated heterocycles. The van der Waals surface area contributed by atoms with Gasteiger partial charge in [0.15, 0.2) is 0 Å². The molecule has 2 N–H and O–H groups in total. The van der Waals surface area contributed by atoms with Gasteiger partial charge in [0.1, 0.15) is 23.4 Å². The lowest BCUT2D eigenvalue weighted by atomic mass is 10.1. The summed E-state index contributed by atoms with van der Waals surface area (Å²) in [5.74, 6) is 1.72. The Morgan fingerprint density at radius 3 is 2.92 bits per heavy atom. The molecular weight excluding hydrogens is 332 g/mol. The summed E-state index contributed by atoms with van der Waals surface area (Å²) in [5.41, 5.74) is 3.60. The van der Waals surface area contributed by atoms with Crippen LogP contribution >= 0.6 is 0 Å². The predicted octanol–water partition coefficient (Wildman–Crippen LogP) is 2.93. The second kappa shape index (κ2) is 7.74. The van der Waals surface area contributed by atoms with Gasteiger partial charge in [0.05, 0.1) is 25.5 Å². The topological polar surface area (TPSA) is 84.2 Å². The highest BCUT2D eigenvalue weighted by Crippen LogP contribution is 2.35. The first-order valence-electron chi connectivity index (χ1n) is 8.76. The fraction of sp³-hybridized carbons (Fsp3) is 0.400. The second-order valence-electron chi connectivity index (χ2n) is 6.39. The lowest BCUT2D eigenvalue weighted by molar-refractivity contribution is 0.254. The number of ether oxygens (including phenoxy) is 2. The third-order valence-corrected chi connectivity index (χ3v) is 4.39. The van der Waals surface area contributed by atoms with Gasteiger partial charge in [-0.15, -0.1) is 0 Å². The summed E-state index contributed by atoms with van der Waals surface area (Å²) in [4.78, 5) is 8.50. The summed E-state index contributed by atoms with van der Waals surface area (Å²) in [6.07, 6.45) is 4.17. The van der Waals surface area contributed by atoms with Gasteiger partial charge in [0.2, 0.25) is 0 Å². The summed E-state index contributed by atoms with van der Waals surface area (Å²) in [7, 11) is 0. The Morgan fingerprint density at radius 2 is 2.19 bits per heavy atom.